The monoisotopic (exact) mass is 464 g/mol. The minimum absolute atomic E-state index is 0. The van der Waals surface area contributed by atoms with Crippen LogP contribution >= 0.6 is 24.0 Å². The van der Waals surface area contributed by atoms with Crippen molar-refractivity contribution in [2.45, 2.75) is 26.3 Å². The Bertz CT molecular complexity index is 553. The fourth-order valence-corrected chi connectivity index (χ4v) is 2.04. The lowest BCUT2D eigenvalue weighted by Crippen LogP contribution is -2.39. The van der Waals surface area contributed by atoms with Gasteiger partial charge in [-0.25, -0.2) is 0 Å². The first kappa shape index (κ1) is 23.3. The Labute approximate surface area is 167 Å². The van der Waals surface area contributed by atoms with Crippen LogP contribution in [-0.4, -0.2) is 46.2 Å². The van der Waals surface area contributed by atoms with Gasteiger partial charge in [-0.1, -0.05) is 13.0 Å². The summed E-state index contributed by atoms with van der Waals surface area (Å²) >= 11 is 0. The quantitative estimate of drug-likeness (QED) is 0.296. The molecule has 8 heteroatoms. The van der Waals surface area contributed by atoms with Crippen LogP contribution < -0.4 is 25.4 Å². The molecule has 0 radical (unpaired) electrons. The second-order valence-electron chi connectivity index (χ2n) is 5.14. The van der Waals surface area contributed by atoms with E-state index in [1.165, 1.54) is 0 Å². The lowest BCUT2D eigenvalue weighted by atomic mass is 10.2. The summed E-state index contributed by atoms with van der Waals surface area (Å²) in [5.74, 6) is 2.07. The number of aliphatic imine (C=N–C) groups is 1. The summed E-state index contributed by atoms with van der Waals surface area (Å²) in [6.45, 7) is 3.85. The number of methoxy groups -OCH3 is 2. The van der Waals surface area contributed by atoms with Crippen molar-refractivity contribution in [2.75, 3.05) is 34.4 Å². The lowest BCUT2D eigenvalue weighted by molar-refractivity contribution is -0.120. The van der Waals surface area contributed by atoms with Crippen LogP contribution in [0.2, 0.25) is 0 Å². The third-order valence-electron chi connectivity index (χ3n) is 3.35. The molecule has 0 atom stereocenters. The second kappa shape index (κ2) is 13.6. The van der Waals surface area contributed by atoms with Crippen LogP contribution in [0.4, 0.5) is 0 Å². The van der Waals surface area contributed by atoms with E-state index < -0.39 is 0 Å². The number of hydrogen-bond donors (Lipinski definition) is 3. The van der Waals surface area contributed by atoms with Crippen LogP contribution in [0.15, 0.2) is 23.2 Å². The summed E-state index contributed by atoms with van der Waals surface area (Å²) in [5.41, 5.74) is 1.04. The van der Waals surface area contributed by atoms with Crippen molar-refractivity contribution in [1.82, 2.24) is 16.0 Å². The Balaban J connectivity index is 0.00000576. The van der Waals surface area contributed by atoms with Gasteiger partial charge in [-0.2, -0.15) is 0 Å². The topological polar surface area (TPSA) is 84.0 Å². The molecule has 3 N–H and O–H groups in total. The van der Waals surface area contributed by atoms with Gasteiger partial charge in [-0.3, -0.25) is 9.79 Å². The summed E-state index contributed by atoms with van der Waals surface area (Å²) in [4.78, 5) is 15.7. The van der Waals surface area contributed by atoms with E-state index in [9.17, 15) is 4.79 Å². The molecule has 0 aliphatic rings. The molecular formula is C17H29IN4O3. The van der Waals surface area contributed by atoms with Gasteiger partial charge in [0.25, 0.3) is 0 Å². The number of ether oxygens (including phenoxy) is 2. The van der Waals surface area contributed by atoms with Gasteiger partial charge in [0, 0.05) is 33.1 Å². The maximum absolute atomic E-state index is 11.5. The fraction of sp³-hybridized carbons (Fsp3) is 0.529. The van der Waals surface area contributed by atoms with Crippen molar-refractivity contribution < 1.29 is 14.3 Å². The molecule has 1 aromatic carbocycles. The smallest absolute Gasteiger partial charge is 0.221 e. The number of carbonyl (C=O) groups excluding carboxylic acids is 1. The van der Waals surface area contributed by atoms with Gasteiger partial charge in [0.1, 0.15) is 0 Å². The third-order valence-corrected chi connectivity index (χ3v) is 3.35. The molecule has 0 bridgehead atoms. The molecule has 142 valence electrons. The Morgan fingerprint density at radius 1 is 1.08 bits per heavy atom. The number of nitrogens with one attached hydrogen (secondary N) is 3. The van der Waals surface area contributed by atoms with Crippen LogP contribution in [0.5, 0.6) is 11.5 Å². The zero-order chi connectivity index (χ0) is 17.8. The number of carbonyl (C=O) groups is 1. The van der Waals surface area contributed by atoms with E-state index in [4.69, 9.17) is 9.47 Å². The molecule has 1 aromatic rings. The van der Waals surface area contributed by atoms with Gasteiger partial charge in [-0.05, 0) is 24.1 Å². The lowest BCUT2D eigenvalue weighted by Gasteiger charge is -2.13. The van der Waals surface area contributed by atoms with Crippen LogP contribution in [0, 0.1) is 0 Å². The normalized spacial score (nSPS) is 10.5. The van der Waals surface area contributed by atoms with Gasteiger partial charge in [0.2, 0.25) is 5.91 Å². The zero-order valence-corrected chi connectivity index (χ0v) is 17.7. The molecule has 0 fully saturated rings. The number of rotatable bonds is 9. The predicted molar refractivity (Wildman–Crippen MR) is 111 cm³/mol. The van der Waals surface area contributed by atoms with Gasteiger partial charge >= 0.3 is 0 Å². The van der Waals surface area contributed by atoms with Crippen LogP contribution in [0.1, 0.15) is 25.3 Å². The molecule has 0 heterocycles. The number of benzene rings is 1. The van der Waals surface area contributed by atoms with Gasteiger partial charge in [0.05, 0.1) is 14.2 Å². The highest BCUT2D eigenvalue weighted by molar-refractivity contribution is 14.0. The summed E-state index contributed by atoms with van der Waals surface area (Å²) < 4.78 is 10.5. The minimum Gasteiger partial charge on any atom is -0.493 e. The molecule has 0 saturated heterocycles. The van der Waals surface area contributed by atoms with Crippen molar-refractivity contribution >= 4 is 35.8 Å². The molecule has 0 aliphatic heterocycles. The Morgan fingerprint density at radius 2 is 1.80 bits per heavy atom. The van der Waals surface area contributed by atoms with E-state index in [0.29, 0.717) is 43.5 Å². The van der Waals surface area contributed by atoms with E-state index in [1.54, 1.807) is 21.3 Å². The Kier molecular flexibility index (Phi) is 12.6. The van der Waals surface area contributed by atoms with Crippen LogP contribution in [0.25, 0.3) is 0 Å². The minimum atomic E-state index is 0. The van der Waals surface area contributed by atoms with Crippen LogP contribution in [-0.2, 0) is 11.3 Å². The second-order valence-corrected chi connectivity index (χ2v) is 5.14. The Morgan fingerprint density at radius 3 is 2.40 bits per heavy atom. The maximum atomic E-state index is 11.5. The highest BCUT2D eigenvalue weighted by Gasteiger charge is 2.06. The summed E-state index contributed by atoms with van der Waals surface area (Å²) in [6.07, 6.45) is 1.35. The number of nitrogens with zero attached hydrogens (tertiary/aromatic N) is 1. The number of halogens is 1. The average Bonchev–Trinajstić information content (AvgIpc) is 2.62. The first-order chi connectivity index (χ1) is 11.6. The van der Waals surface area contributed by atoms with Crippen molar-refractivity contribution in [1.29, 1.82) is 0 Å². The highest BCUT2D eigenvalue weighted by Crippen LogP contribution is 2.27. The zero-order valence-electron chi connectivity index (χ0n) is 15.3. The number of hydrogen-bond acceptors (Lipinski definition) is 4. The number of guanidine groups is 1. The highest BCUT2D eigenvalue weighted by atomic mass is 127. The summed E-state index contributed by atoms with van der Waals surface area (Å²) in [6, 6.07) is 5.74. The molecule has 1 rings (SSSR count). The third kappa shape index (κ3) is 8.80. The maximum Gasteiger partial charge on any atom is 0.221 e. The molecule has 0 aliphatic carbocycles. The molecule has 0 saturated carbocycles. The number of amides is 1. The van der Waals surface area contributed by atoms with Gasteiger partial charge < -0.3 is 25.4 Å². The molecule has 7 nitrogen and oxygen atoms in total. The SMILES string of the molecule is CCCNC(=O)CCNC(=NC)NCc1ccc(OC)c(OC)c1.I. The average molecular weight is 464 g/mol. The van der Waals surface area contributed by atoms with Crippen molar-refractivity contribution in [2.24, 2.45) is 4.99 Å². The Hall–Kier alpha value is -1.71. The molecule has 25 heavy (non-hydrogen) atoms. The van der Waals surface area contributed by atoms with E-state index >= 15 is 0 Å². The predicted octanol–water partition coefficient (Wildman–Crippen LogP) is 1.90. The van der Waals surface area contributed by atoms with Crippen molar-refractivity contribution in [3.63, 3.8) is 0 Å². The molecule has 1 amide bonds. The molecule has 0 unspecified atom stereocenters. The molecule has 0 aromatic heterocycles. The first-order valence-electron chi connectivity index (χ1n) is 8.06. The van der Waals surface area contributed by atoms with Gasteiger partial charge in [-0.15, -0.1) is 24.0 Å². The molecular weight excluding hydrogens is 435 g/mol. The van der Waals surface area contributed by atoms with E-state index in [0.717, 1.165) is 12.0 Å². The van der Waals surface area contributed by atoms with Gasteiger partial charge in [0.15, 0.2) is 17.5 Å². The largest absolute Gasteiger partial charge is 0.493 e. The molecule has 0 spiro atoms. The summed E-state index contributed by atoms with van der Waals surface area (Å²) in [5, 5.41) is 9.16. The standard InChI is InChI=1S/C17H28N4O3.HI/c1-5-9-19-16(22)8-10-20-17(18-2)21-12-13-6-7-14(23-3)15(11-13)24-4;/h6-7,11H,5,8-10,12H2,1-4H3,(H,19,22)(H2,18,20,21);1H. The van der Waals surface area contributed by atoms with Crippen molar-refractivity contribution in [3.8, 4) is 11.5 Å². The first-order valence-corrected chi connectivity index (χ1v) is 8.06. The fourth-order valence-electron chi connectivity index (χ4n) is 2.04. The summed E-state index contributed by atoms with van der Waals surface area (Å²) in [7, 11) is 4.92. The van der Waals surface area contributed by atoms with E-state index in [1.807, 2.05) is 25.1 Å². The van der Waals surface area contributed by atoms with Crippen molar-refractivity contribution in [3.05, 3.63) is 23.8 Å². The van der Waals surface area contributed by atoms with Crippen LogP contribution in [0.3, 0.4) is 0 Å². The van der Waals surface area contributed by atoms with E-state index in [-0.39, 0.29) is 29.9 Å². The van der Waals surface area contributed by atoms with E-state index in [2.05, 4.69) is 20.9 Å².